The first kappa shape index (κ1) is 17.5. The lowest BCUT2D eigenvalue weighted by molar-refractivity contribution is -0.146. The second-order valence-corrected chi connectivity index (χ2v) is 5.39. The number of carboxylic acid groups (broad SMARTS) is 1. The van der Waals surface area contributed by atoms with Crippen molar-refractivity contribution in [1.29, 1.82) is 0 Å². The SMILES string of the molecule is COC(=O)c1cc(OC)ccc1NC(=O)[C@H]1CC=CC[C@H]1C(=O)O. The lowest BCUT2D eigenvalue weighted by Gasteiger charge is -2.24. The first-order valence-electron chi connectivity index (χ1n) is 7.43. The predicted octanol–water partition coefficient (Wildman–Crippen LogP) is 2.09. The fourth-order valence-electron chi connectivity index (χ4n) is 2.64. The van der Waals surface area contributed by atoms with Crippen LogP contribution in [0.3, 0.4) is 0 Å². The molecule has 0 spiro atoms. The van der Waals surface area contributed by atoms with Gasteiger partial charge in [-0.2, -0.15) is 0 Å². The number of carbonyl (C=O) groups excluding carboxylic acids is 2. The minimum atomic E-state index is -1.01. The Kier molecular flexibility index (Phi) is 5.57. The van der Waals surface area contributed by atoms with Gasteiger partial charge in [-0.3, -0.25) is 9.59 Å². The molecule has 0 unspecified atom stereocenters. The number of hydrogen-bond donors (Lipinski definition) is 2. The minimum absolute atomic E-state index is 0.142. The molecule has 0 aliphatic heterocycles. The van der Waals surface area contributed by atoms with Crippen molar-refractivity contribution in [2.24, 2.45) is 11.8 Å². The van der Waals surface area contributed by atoms with E-state index < -0.39 is 29.7 Å². The van der Waals surface area contributed by atoms with Crippen molar-refractivity contribution in [3.63, 3.8) is 0 Å². The van der Waals surface area contributed by atoms with Crippen LogP contribution in [-0.2, 0) is 14.3 Å². The summed E-state index contributed by atoms with van der Waals surface area (Å²) < 4.78 is 9.78. The highest BCUT2D eigenvalue weighted by Crippen LogP contribution is 2.29. The number of nitrogens with one attached hydrogen (secondary N) is 1. The van der Waals surface area contributed by atoms with E-state index in [4.69, 9.17) is 9.47 Å². The van der Waals surface area contributed by atoms with E-state index in [1.165, 1.54) is 26.4 Å². The molecule has 24 heavy (non-hydrogen) atoms. The van der Waals surface area contributed by atoms with E-state index in [-0.39, 0.29) is 11.3 Å². The lowest BCUT2D eigenvalue weighted by Crippen LogP contribution is -2.35. The highest BCUT2D eigenvalue weighted by atomic mass is 16.5. The molecule has 1 aromatic rings. The van der Waals surface area contributed by atoms with Crippen molar-refractivity contribution in [3.8, 4) is 5.75 Å². The summed E-state index contributed by atoms with van der Waals surface area (Å²) in [5, 5.41) is 11.9. The molecular formula is C17H19NO6. The Morgan fingerprint density at radius 1 is 1.12 bits per heavy atom. The molecule has 0 fully saturated rings. The van der Waals surface area contributed by atoms with Crippen molar-refractivity contribution >= 4 is 23.5 Å². The van der Waals surface area contributed by atoms with Crippen molar-refractivity contribution in [1.82, 2.24) is 0 Å². The molecule has 1 amide bonds. The monoisotopic (exact) mass is 333 g/mol. The third kappa shape index (κ3) is 3.73. The number of hydrogen-bond acceptors (Lipinski definition) is 5. The number of amides is 1. The number of carbonyl (C=O) groups is 3. The van der Waals surface area contributed by atoms with Gasteiger partial charge in [-0.15, -0.1) is 0 Å². The van der Waals surface area contributed by atoms with Gasteiger partial charge in [0.25, 0.3) is 0 Å². The molecule has 7 nitrogen and oxygen atoms in total. The van der Waals surface area contributed by atoms with Crippen molar-refractivity contribution < 1.29 is 29.0 Å². The Bertz CT molecular complexity index is 682. The van der Waals surface area contributed by atoms with Crippen LogP contribution in [0.5, 0.6) is 5.75 Å². The predicted molar refractivity (Wildman–Crippen MR) is 86.0 cm³/mol. The summed E-state index contributed by atoms with van der Waals surface area (Å²) in [6.45, 7) is 0. The number of carboxylic acids is 1. The standard InChI is InChI=1S/C17H19NO6/c1-23-10-7-8-14(13(9-10)17(22)24-2)18-15(19)11-5-3-4-6-12(11)16(20)21/h3-4,7-9,11-12H,5-6H2,1-2H3,(H,18,19)(H,20,21)/t11-,12+/m0/s1. The van der Waals surface area contributed by atoms with Gasteiger partial charge in [-0.25, -0.2) is 4.79 Å². The van der Waals surface area contributed by atoms with Gasteiger partial charge in [-0.1, -0.05) is 12.2 Å². The Balaban J connectivity index is 2.26. The zero-order valence-corrected chi connectivity index (χ0v) is 13.4. The average Bonchev–Trinajstić information content (AvgIpc) is 2.61. The van der Waals surface area contributed by atoms with Crippen LogP contribution in [0.25, 0.3) is 0 Å². The molecule has 0 heterocycles. The zero-order valence-electron chi connectivity index (χ0n) is 13.4. The number of rotatable bonds is 5. The summed E-state index contributed by atoms with van der Waals surface area (Å²) in [5.74, 6) is -3.11. The fourth-order valence-corrected chi connectivity index (χ4v) is 2.64. The molecule has 1 aliphatic carbocycles. The molecule has 2 rings (SSSR count). The van der Waals surface area contributed by atoms with Crippen LogP contribution in [0.1, 0.15) is 23.2 Å². The van der Waals surface area contributed by atoms with Crippen LogP contribution in [-0.4, -0.2) is 37.2 Å². The molecular weight excluding hydrogens is 314 g/mol. The number of esters is 1. The molecule has 2 N–H and O–H groups in total. The number of ether oxygens (including phenoxy) is 2. The van der Waals surface area contributed by atoms with E-state index in [0.717, 1.165) is 0 Å². The first-order chi connectivity index (χ1) is 11.5. The van der Waals surface area contributed by atoms with Gasteiger partial charge in [0.2, 0.25) is 5.91 Å². The van der Waals surface area contributed by atoms with E-state index in [0.29, 0.717) is 18.6 Å². The normalized spacial score (nSPS) is 19.4. The van der Waals surface area contributed by atoms with Gasteiger partial charge in [0, 0.05) is 0 Å². The highest BCUT2D eigenvalue weighted by Gasteiger charge is 2.34. The Morgan fingerprint density at radius 3 is 2.38 bits per heavy atom. The van der Waals surface area contributed by atoms with Gasteiger partial charge in [0.1, 0.15) is 5.75 Å². The highest BCUT2D eigenvalue weighted by molar-refractivity contribution is 6.03. The number of allylic oxidation sites excluding steroid dienone is 2. The summed E-state index contributed by atoms with van der Waals surface area (Å²) in [5.41, 5.74) is 0.398. The number of methoxy groups -OCH3 is 2. The van der Waals surface area contributed by atoms with Gasteiger partial charge in [0.15, 0.2) is 0 Å². The molecule has 0 saturated carbocycles. The largest absolute Gasteiger partial charge is 0.497 e. The molecule has 7 heteroatoms. The van der Waals surface area contributed by atoms with Crippen LogP contribution in [0, 0.1) is 11.8 Å². The van der Waals surface area contributed by atoms with Crippen molar-refractivity contribution in [2.75, 3.05) is 19.5 Å². The Labute approximate surface area is 139 Å². The van der Waals surface area contributed by atoms with E-state index >= 15 is 0 Å². The Morgan fingerprint density at radius 2 is 1.79 bits per heavy atom. The molecule has 128 valence electrons. The summed E-state index contributed by atoms with van der Waals surface area (Å²) in [6.07, 6.45) is 4.20. The third-order valence-electron chi connectivity index (χ3n) is 3.98. The summed E-state index contributed by atoms with van der Waals surface area (Å²) >= 11 is 0. The summed E-state index contributed by atoms with van der Waals surface area (Å²) in [7, 11) is 2.69. The number of anilines is 1. The lowest BCUT2D eigenvalue weighted by atomic mass is 9.82. The van der Waals surface area contributed by atoms with Crippen LogP contribution < -0.4 is 10.1 Å². The van der Waals surface area contributed by atoms with Gasteiger partial charge in [0.05, 0.1) is 37.3 Å². The fraction of sp³-hybridized carbons (Fsp3) is 0.353. The molecule has 2 atom stereocenters. The maximum atomic E-state index is 12.5. The van der Waals surface area contributed by atoms with E-state index in [1.807, 2.05) is 0 Å². The van der Waals surface area contributed by atoms with E-state index in [2.05, 4.69) is 5.32 Å². The van der Waals surface area contributed by atoms with Crippen LogP contribution in [0.2, 0.25) is 0 Å². The zero-order chi connectivity index (χ0) is 17.7. The number of benzene rings is 1. The molecule has 0 aromatic heterocycles. The summed E-state index contributed by atoms with van der Waals surface area (Å²) in [4.78, 5) is 35.7. The van der Waals surface area contributed by atoms with Crippen molar-refractivity contribution in [2.45, 2.75) is 12.8 Å². The Hall–Kier alpha value is -2.83. The van der Waals surface area contributed by atoms with Gasteiger partial charge < -0.3 is 19.9 Å². The second kappa shape index (κ2) is 7.63. The topological polar surface area (TPSA) is 102 Å². The maximum Gasteiger partial charge on any atom is 0.340 e. The third-order valence-corrected chi connectivity index (χ3v) is 3.98. The quantitative estimate of drug-likeness (QED) is 0.632. The average molecular weight is 333 g/mol. The molecule has 0 bridgehead atoms. The minimum Gasteiger partial charge on any atom is -0.497 e. The van der Waals surface area contributed by atoms with Crippen molar-refractivity contribution in [3.05, 3.63) is 35.9 Å². The maximum absolute atomic E-state index is 12.5. The van der Waals surface area contributed by atoms with Crippen LogP contribution in [0.15, 0.2) is 30.4 Å². The second-order valence-electron chi connectivity index (χ2n) is 5.39. The van der Waals surface area contributed by atoms with Crippen LogP contribution >= 0.6 is 0 Å². The van der Waals surface area contributed by atoms with E-state index in [9.17, 15) is 19.5 Å². The van der Waals surface area contributed by atoms with Gasteiger partial charge >= 0.3 is 11.9 Å². The molecule has 0 radical (unpaired) electrons. The smallest absolute Gasteiger partial charge is 0.340 e. The van der Waals surface area contributed by atoms with Gasteiger partial charge in [-0.05, 0) is 31.0 Å². The number of aliphatic carboxylic acids is 1. The van der Waals surface area contributed by atoms with Crippen LogP contribution in [0.4, 0.5) is 5.69 Å². The summed E-state index contributed by atoms with van der Waals surface area (Å²) in [6, 6.07) is 4.58. The van der Waals surface area contributed by atoms with E-state index in [1.54, 1.807) is 18.2 Å². The molecule has 1 aromatic carbocycles. The first-order valence-corrected chi connectivity index (χ1v) is 7.43. The molecule has 1 aliphatic rings. The molecule has 0 saturated heterocycles.